The van der Waals surface area contributed by atoms with Crippen molar-refractivity contribution in [3.05, 3.63) is 0 Å². The van der Waals surface area contributed by atoms with Gasteiger partial charge in [-0.2, -0.15) is 0 Å². The van der Waals surface area contributed by atoms with Gasteiger partial charge < -0.3 is 0 Å². The number of hydrogen-bond acceptors (Lipinski definition) is 2. The Balaban J connectivity index is 2.68. The summed E-state index contributed by atoms with van der Waals surface area (Å²) in [5.41, 5.74) is -0.236. The minimum atomic E-state index is -0.236. The second-order valence-corrected chi connectivity index (χ2v) is 5.50. The van der Waals surface area contributed by atoms with Gasteiger partial charge in [0, 0.05) is 11.3 Å². The van der Waals surface area contributed by atoms with Gasteiger partial charge in [0.1, 0.15) is 5.78 Å². The molecule has 2 heteroatoms. The fraction of sp³-hybridized carbons (Fsp3) is 0.769. The van der Waals surface area contributed by atoms with Crippen LogP contribution in [0.4, 0.5) is 0 Å². The molecule has 15 heavy (non-hydrogen) atoms. The zero-order chi connectivity index (χ0) is 11.6. The Kier molecular flexibility index (Phi) is 3.57. The van der Waals surface area contributed by atoms with E-state index in [0.29, 0.717) is 5.78 Å². The summed E-state index contributed by atoms with van der Waals surface area (Å²) < 4.78 is 0. The van der Waals surface area contributed by atoms with E-state index in [9.17, 15) is 4.79 Å². The van der Waals surface area contributed by atoms with Gasteiger partial charge in [0.05, 0.1) is 6.04 Å². The predicted molar refractivity (Wildman–Crippen MR) is 62.4 cm³/mol. The lowest BCUT2D eigenvalue weighted by Gasteiger charge is -2.35. The van der Waals surface area contributed by atoms with E-state index in [2.05, 4.69) is 10.8 Å². The number of piperidine rings is 1. The third-order valence-electron chi connectivity index (χ3n) is 3.17. The van der Waals surface area contributed by atoms with Crippen LogP contribution in [0.1, 0.15) is 33.6 Å². The molecule has 1 heterocycles. The van der Waals surface area contributed by atoms with Crippen molar-refractivity contribution in [2.45, 2.75) is 39.7 Å². The minimum Gasteiger partial charge on any atom is -0.299 e. The summed E-state index contributed by atoms with van der Waals surface area (Å²) in [5.74, 6) is 3.28. The van der Waals surface area contributed by atoms with Crippen LogP contribution in [-0.4, -0.2) is 30.3 Å². The summed E-state index contributed by atoms with van der Waals surface area (Å²) >= 11 is 0. The summed E-state index contributed by atoms with van der Waals surface area (Å²) in [4.78, 5) is 14.3. The molecule has 1 aliphatic heterocycles. The lowest BCUT2D eigenvalue weighted by molar-refractivity contribution is -0.132. The number of nitrogens with zero attached hydrogens (tertiary/aromatic N) is 1. The largest absolute Gasteiger partial charge is 0.299 e. The van der Waals surface area contributed by atoms with Gasteiger partial charge in [0.25, 0.3) is 0 Å². The first-order valence-electron chi connectivity index (χ1n) is 5.57. The fourth-order valence-corrected chi connectivity index (χ4v) is 2.13. The molecule has 1 aliphatic rings. The van der Waals surface area contributed by atoms with Crippen molar-refractivity contribution in [3.63, 3.8) is 0 Å². The second kappa shape index (κ2) is 4.37. The van der Waals surface area contributed by atoms with E-state index in [0.717, 1.165) is 19.4 Å². The van der Waals surface area contributed by atoms with Crippen LogP contribution in [0.5, 0.6) is 0 Å². The van der Waals surface area contributed by atoms with Crippen LogP contribution < -0.4 is 0 Å². The number of likely N-dealkylation sites (tertiary alicyclic amines) is 1. The van der Waals surface area contributed by atoms with E-state index in [-0.39, 0.29) is 17.4 Å². The normalized spacial score (nSPS) is 28.5. The summed E-state index contributed by atoms with van der Waals surface area (Å²) in [6.45, 7) is 6.89. The van der Waals surface area contributed by atoms with Gasteiger partial charge in [-0.1, -0.05) is 26.7 Å². The van der Waals surface area contributed by atoms with Gasteiger partial charge in [-0.3, -0.25) is 9.69 Å². The van der Waals surface area contributed by atoms with E-state index in [1.54, 1.807) is 0 Å². The maximum atomic E-state index is 12.1. The van der Waals surface area contributed by atoms with Gasteiger partial charge in [-0.25, -0.2) is 0 Å². The average molecular weight is 207 g/mol. The Morgan fingerprint density at radius 2 is 2.07 bits per heavy atom. The molecule has 0 radical (unpaired) electrons. The van der Waals surface area contributed by atoms with Crippen molar-refractivity contribution in [2.75, 3.05) is 13.6 Å². The van der Waals surface area contributed by atoms with Crippen molar-refractivity contribution in [2.24, 2.45) is 11.3 Å². The van der Waals surface area contributed by atoms with Crippen LogP contribution in [0, 0.1) is 23.7 Å². The van der Waals surface area contributed by atoms with Gasteiger partial charge in [-0.05, 0) is 26.4 Å². The maximum absolute atomic E-state index is 12.1. The Labute approximate surface area is 93.0 Å². The standard InChI is InChI=1S/C13H21NO/c1-6-11-9-10(7-8-14(11)5)12(15)13(2,3)4/h1,10-11H,7-9H2,2-5H3/t10-,11-/m1/s1. The van der Waals surface area contributed by atoms with Gasteiger partial charge >= 0.3 is 0 Å². The second-order valence-electron chi connectivity index (χ2n) is 5.50. The van der Waals surface area contributed by atoms with Crippen LogP contribution in [0.25, 0.3) is 0 Å². The number of carbonyl (C=O) groups excluding carboxylic acids is 1. The molecule has 0 amide bonds. The molecule has 1 fully saturated rings. The van der Waals surface area contributed by atoms with Crippen LogP contribution in [0.2, 0.25) is 0 Å². The molecule has 84 valence electrons. The molecule has 0 bridgehead atoms. The van der Waals surface area contributed by atoms with E-state index in [1.165, 1.54) is 0 Å². The Bertz CT molecular complexity index is 282. The van der Waals surface area contributed by atoms with Crippen molar-refractivity contribution in [1.82, 2.24) is 4.90 Å². The predicted octanol–water partition coefficient (Wildman–Crippen LogP) is 1.95. The third-order valence-corrected chi connectivity index (χ3v) is 3.17. The molecule has 0 saturated carbocycles. The number of terminal acetylenes is 1. The highest BCUT2D eigenvalue weighted by molar-refractivity contribution is 5.86. The molecule has 2 atom stereocenters. The molecule has 0 unspecified atom stereocenters. The number of rotatable bonds is 1. The molecule has 0 aliphatic carbocycles. The van der Waals surface area contributed by atoms with Crippen molar-refractivity contribution in [1.29, 1.82) is 0 Å². The van der Waals surface area contributed by atoms with Gasteiger partial charge in [0.2, 0.25) is 0 Å². The summed E-state index contributed by atoms with van der Waals surface area (Å²) in [7, 11) is 2.03. The van der Waals surface area contributed by atoms with Crippen molar-refractivity contribution >= 4 is 5.78 Å². The number of hydrogen-bond donors (Lipinski definition) is 0. The molecule has 0 N–H and O–H groups in total. The van der Waals surface area contributed by atoms with Crippen LogP contribution in [0.3, 0.4) is 0 Å². The van der Waals surface area contributed by atoms with Crippen LogP contribution in [0.15, 0.2) is 0 Å². The SMILES string of the molecule is C#C[C@@H]1C[C@H](C(=O)C(C)(C)C)CCN1C. The molecule has 0 aromatic heterocycles. The average Bonchev–Trinajstić information content (AvgIpc) is 2.16. The first-order chi connectivity index (χ1) is 6.86. The minimum absolute atomic E-state index is 0.134. The highest BCUT2D eigenvalue weighted by Gasteiger charge is 2.34. The number of ketones is 1. The molecular weight excluding hydrogens is 186 g/mol. The molecule has 1 saturated heterocycles. The molecule has 0 spiro atoms. The zero-order valence-electron chi connectivity index (χ0n) is 10.2. The van der Waals surface area contributed by atoms with Gasteiger partial charge in [-0.15, -0.1) is 6.42 Å². The number of Topliss-reactive ketones (excluding diaryl/α,β-unsaturated/α-hetero) is 1. The summed E-state index contributed by atoms with van der Waals surface area (Å²) in [5, 5.41) is 0. The quantitative estimate of drug-likeness (QED) is 0.612. The van der Waals surface area contributed by atoms with E-state index < -0.39 is 0 Å². The highest BCUT2D eigenvalue weighted by atomic mass is 16.1. The smallest absolute Gasteiger partial charge is 0.141 e. The lowest BCUT2D eigenvalue weighted by Crippen LogP contribution is -2.43. The van der Waals surface area contributed by atoms with Gasteiger partial charge in [0.15, 0.2) is 0 Å². The third kappa shape index (κ3) is 2.82. The van der Waals surface area contributed by atoms with Crippen molar-refractivity contribution in [3.8, 4) is 12.3 Å². The molecular formula is C13H21NO. The highest BCUT2D eigenvalue weighted by Crippen LogP contribution is 2.29. The lowest BCUT2D eigenvalue weighted by atomic mass is 9.77. The van der Waals surface area contributed by atoms with Crippen LogP contribution in [-0.2, 0) is 4.79 Å². The molecule has 0 aromatic carbocycles. The Hall–Kier alpha value is -0.810. The van der Waals surface area contributed by atoms with Crippen LogP contribution >= 0.6 is 0 Å². The van der Waals surface area contributed by atoms with E-state index >= 15 is 0 Å². The molecule has 1 rings (SSSR count). The summed E-state index contributed by atoms with van der Waals surface area (Å²) in [6.07, 6.45) is 7.23. The van der Waals surface area contributed by atoms with Crippen molar-refractivity contribution < 1.29 is 4.79 Å². The monoisotopic (exact) mass is 207 g/mol. The van der Waals surface area contributed by atoms with E-state index in [1.807, 2.05) is 27.8 Å². The molecule has 2 nitrogen and oxygen atoms in total. The fourth-order valence-electron chi connectivity index (χ4n) is 2.13. The topological polar surface area (TPSA) is 20.3 Å². The Morgan fingerprint density at radius 1 is 1.47 bits per heavy atom. The first kappa shape index (κ1) is 12.3. The Morgan fingerprint density at radius 3 is 2.53 bits per heavy atom. The zero-order valence-corrected chi connectivity index (χ0v) is 10.2. The first-order valence-corrected chi connectivity index (χ1v) is 5.57. The van der Waals surface area contributed by atoms with E-state index in [4.69, 9.17) is 6.42 Å². The molecule has 0 aromatic rings. The number of carbonyl (C=O) groups is 1. The maximum Gasteiger partial charge on any atom is 0.141 e. The summed E-state index contributed by atoms with van der Waals surface area (Å²) in [6, 6.07) is 0.134.